The van der Waals surface area contributed by atoms with Crippen LogP contribution in [0.1, 0.15) is 27.3 Å². The van der Waals surface area contributed by atoms with Crippen LogP contribution in [0.15, 0.2) is 24.8 Å². The number of nitrogens with zero attached hydrogens (tertiary/aromatic N) is 4. The molecule has 2 aromatic rings. The van der Waals surface area contributed by atoms with Crippen molar-refractivity contribution in [3.8, 4) is 0 Å². The number of aryl methyl sites for hydroxylation is 1. The second-order valence-electron chi connectivity index (χ2n) is 5.83. The Balaban J connectivity index is 0.000000345. The fourth-order valence-corrected chi connectivity index (χ4v) is 2.61. The predicted octanol–water partition coefficient (Wildman–Crippen LogP) is 2.19. The molecule has 0 unspecified atom stereocenters. The van der Waals surface area contributed by atoms with Gasteiger partial charge in [-0.3, -0.25) is 9.78 Å². The zero-order chi connectivity index (χ0) is 20.9. The number of carboxylic acid groups (broad SMARTS) is 1. The number of alkyl halides is 3. The van der Waals surface area contributed by atoms with E-state index in [2.05, 4.69) is 15.0 Å². The van der Waals surface area contributed by atoms with Crippen LogP contribution in [0.3, 0.4) is 0 Å². The molecule has 0 saturated heterocycles. The van der Waals surface area contributed by atoms with Crippen molar-refractivity contribution in [1.82, 2.24) is 19.9 Å². The van der Waals surface area contributed by atoms with E-state index in [1.165, 1.54) is 12.3 Å². The minimum atomic E-state index is -5.08. The molecule has 1 aliphatic heterocycles. The van der Waals surface area contributed by atoms with Crippen molar-refractivity contribution >= 4 is 11.9 Å². The molecule has 0 radical (unpaired) electrons. The molecule has 0 spiro atoms. The summed E-state index contributed by atoms with van der Waals surface area (Å²) in [7, 11) is 0. The van der Waals surface area contributed by atoms with Crippen LogP contribution in [0, 0.1) is 12.7 Å². The van der Waals surface area contributed by atoms with Crippen LogP contribution in [0.25, 0.3) is 0 Å². The second kappa shape index (κ2) is 8.72. The standard InChI is InChI=1S/C15H15FN4O.C2HF3O2/c1-10-11-3-6-20(7-4-14(11)19-9-18-10)15(21)12-2-5-17-8-13(12)16;3-2(4,5)1(6)7/h2,5,8-9H,3-4,6-7H2,1H3;(H,6,7). The van der Waals surface area contributed by atoms with E-state index in [1.807, 2.05) is 6.92 Å². The van der Waals surface area contributed by atoms with E-state index in [0.29, 0.717) is 25.9 Å². The number of aliphatic carboxylic acids is 1. The normalized spacial score (nSPS) is 13.7. The van der Waals surface area contributed by atoms with Crippen LogP contribution >= 0.6 is 0 Å². The third kappa shape index (κ3) is 5.21. The molecule has 2 aromatic heterocycles. The van der Waals surface area contributed by atoms with Crippen LogP contribution in [0.4, 0.5) is 17.6 Å². The Kier molecular flexibility index (Phi) is 6.60. The molecule has 150 valence electrons. The molecule has 7 nitrogen and oxygen atoms in total. The predicted molar refractivity (Wildman–Crippen MR) is 88.0 cm³/mol. The molecule has 1 amide bonds. The lowest BCUT2D eigenvalue weighted by Crippen LogP contribution is -2.33. The Labute approximate surface area is 157 Å². The summed E-state index contributed by atoms with van der Waals surface area (Å²) in [6.07, 6.45) is 0.319. The molecule has 0 aromatic carbocycles. The third-order valence-corrected chi connectivity index (χ3v) is 4.03. The number of amides is 1. The van der Waals surface area contributed by atoms with Crippen LogP contribution in [0.2, 0.25) is 0 Å². The molecule has 0 saturated carbocycles. The number of carboxylic acids is 1. The summed E-state index contributed by atoms with van der Waals surface area (Å²) in [6, 6.07) is 1.42. The van der Waals surface area contributed by atoms with Gasteiger partial charge in [0.1, 0.15) is 6.33 Å². The van der Waals surface area contributed by atoms with Crippen LogP contribution < -0.4 is 0 Å². The van der Waals surface area contributed by atoms with Gasteiger partial charge in [0.25, 0.3) is 5.91 Å². The van der Waals surface area contributed by atoms with Crippen molar-refractivity contribution in [2.45, 2.75) is 25.9 Å². The lowest BCUT2D eigenvalue weighted by atomic mass is 10.1. The fraction of sp³-hybridized carbons (Fsp3) is 0.353. The van der Waals surface area contributed by atoms with Gasteiger partial charge in [0.2, 0.25) is 0 Å². The van der Waals surface area contributed by atoms with Gasteiger partial charge in [-0.05, 0) is 25.0 Å². The minimum absolute atomic E-state index is 0.0683. The van der Waals surface area contributed by atoms with Gasteiger partial charge in [-0.25, -0.2) is 19.2 Å². The molecular formula is C17H16F4N4O3. The highest BCUT2D eigenvalue weighted by Crippen LogP contribution is 2.18. The zero-order valence-electron chi connectivity index (χ0n) is 14.7. The first-order valence-corrected chi connectivity index (χ1v) is 8.09. The summed E-state index contributed by atoms with van der Waals surface area (Å²) < 4.78 is 45.4. The first-order chi connectivity index (χ1) is 13.1. The Hall–Kier alpha value is -3.11. The molecule has 28 heavy (non-hydrogen) atoms. The topological polar surface area (TPSA) is 96.3 Å². The maximum atomic E-state index is 13.7. The zero-order valence-corrected chi connectivity index (χ0v) is 14.7. The van der Waals surface area contributed by atoms with E-state index in [9.17, 15) is 22.4 Å². The van der Waals surface area contributed by atoms with Crippen molar-refractivity contribution in [3.05, 3.63) is 53.1 Å². The van der Waals surface area contributed by atoms with E-state index in [4.69, 9.17) is 9.90 Å². The van der Waals surface area contributed by atoms with Gasteiger partial charge in [0.05, 0.1) is 11.8 Å². The number of halogens is 4. The van der Waals surface area contributed by atoms with Crippen molar-refractivity contribution in [2.75, 3.05) is 13.1 Å². The van der Waals surface area contributed by atoms with Gasteiger partial charge in [-0.2, -0.15) is 13.2 Å². The van der Waals surface area contributed by atoms with E-state index in [1.54, 1.807) is 11.2 Å². The maximum absolute atomic E-state index is 13.7. The average Bonchev–Trinajstić information content (AvgIpc) is 2.85. The van der Waals surface area contributed by atoms with Gasteiger partial charge in [-0.1, -0.05) is 0 Å². The number of hydrogen-bond donors (Lipinski definition) is 1. The minimum Gasteiger partial charge on any atom is -0.475 e. The average molecular weight is 400 g/mol. The largest absolute Gasteiger partial charge is 0.490 e. The summed E-state index contributed by atoms with van der Waals surface area (Å²) in [5.74, 6) is -3.64. The van der Waals surface area contributed by atoms with E-state index < -0.39 is 18.0 Å². The fourth-order valence-electron chi connectivity index (χ4n) is 2.61. The third-order valence-electron chi connectivity index (χ3n) is 4.03. The number of carbonyl (C=O) groups is 2. The highest BCUT2D eigenvalue weighted by molar-refractivity contribution is 5.94. The highest BCUT2D eigenvalue weighted by Gasteiger charge is 2.38. The molecule has 0 fully saturated rings. The van der Waals surface area contributed by atoms with E-state index in [0.717, 1.165) is 23.1 Å². The maximum Gasteiger partial charge on any atom is 0.490 e. The van der Waals surface area contributed by atoms with Gasteiger partial charge < -0.3 is 10.0 Å². The van der Waals surface area contributed by atoms with Gasteiger partial charge >= 0.3 is 12.1 Å². The smallest absolute Gasteiger partial charge is 0.475 e. The van der Waals surface area contributed by atoms with E-state index in [-0.39, 0.29) is 11.5 Å². The van der Waals surface area contributed by atoms with Crippen molar-refractivity contribution in [3.63, 3.8) is 0 Å². The molecule has 0 bridgehead atoms. The number of pyridine rings is 1. The summed E-state index contributed by atoms with van der Waals surface area (Å²) in [5, 5.41) is 7.12. The lowest BCUT2D eigenvalue weighted by molar-refractivity contribution is -0.192. The Morgan fingerprint density at radius 3 is 2.43 bits per heavy atom. The van der Waals surface area contributed by atoms with Crippen LogP contribution in [0.5, 0.6) is 0 Å². The van der Waals surface area contributed by atoms with Crippen molar-refractivity contribution < 1.29 is 32.3 Å². The van der Waals surface area contributed by atoms with Crippen molar-refractivity contribution in [2.24, 2.45) is 0 Å². The second-order valence-corrected chi connectivity index (χ2v) is 5.83. The molecule has 11 heteroatoms. The molecular weight excluding hydrogens is 384 g/mol. The molecule has 3 rings (SSSR count). The number of hydrogen-bond acceptors (Lipinski definition) is 5. The molecule has 1 aliphatic rings. The van der Waals surface area contributed by atoms with Crippen molar-refractivity contribution in [1.29, 1.82) is 0 Å². The first kappa shape index (κ1) is 21.2. The number of aromatic nitrogens is 3. The van der Waals surface area contributed by atoms with Crippen LogP contribution in [-0.2, 0) is 17.6 Å². The summed E-state index contributed by atoms with van der Waals surface area (Å²) >= 11 is 0. The lowest BCUT2D eigenvalue weighted by Gasteiger charge is -2.20. The quantitative estimate of drug-likeness (QED) is 0.738. The first-order valence-electron chi connectivity index (χ1n) is 8.09. The number of fused-ring (bicyclic) bond motifs is 1. The molecule has 1 N–H and O–H groups in total. The number of rotatable bonds is 1. The van der Waals surface area contributed by atoms with Crippen LogP contribution in [-0.4, -0.2) is 56.1 Å². The monoisotopic (exact) mass is 400 g/mol. The summed E-state index contributed by atoms with van der Waals surface area (Å²) in [6.45, 7) is 3.02. The Morgan fingerprint density at radius 2 is 1.82 bits per heavy atom. The van der Waals surface area contributed by atoms with Gasteiger partial charge in [-0.15, -0.1) is 0 Å². The highest BCUT2D eigenvalue weighted by atomic mass is 19.4. The summed E-state index contributed by atoms with van der Waals surface area (Å²) in [4.78, 5) is 35.1. The SMILES string of the molecule is Cc1ncnc2c1CCN(C(=O)c1ccncc1F)CC2.O=C(O)C(F)(F)F. The molecule has 3 heterocycles. The van der Waals surface area contributed by atoms with Gasteiger partial charge in [0, 0.05) is 37.1 Å². The number of carbonyl (C=O) groups excluding carboxylic acids is 1. The Bertz CT molecular complexity index is 874. The Morgan fingerprint density at radius 1 is 1.18 bits per heavy atom. The molecule has 0 aliphatic carbocycles. The van der Waals surface area contributed by atoms with E-state index >= 15 is 0 Å². The summed E-state index contributed by atoms with van der Waals surface area (Å²) in [5.41, 5.74) is 3.10. The molecule has 0 atom stereocenters. The van der Waals surface area contributed by atoms with Gasteiger partial charge in [0.15, 0.2) is 5.82 Å².